The molecule has 0 saturated heterocycles. The fourth-order valence-electron chi connectivity index (χ4n) is 2.50. The molecule has 19 heavy (non-hydrogen) atoms. The summed E-state index contributed by atoms with van der Waals surface area (Å²) in [5.41, 5.74) is 0.148. The van der Waals surface area contributed by atoms with Gasteiger partial charge in [-0.3, -0.25) is 0 Å². The highest BCUT2D eigenvalue weighted by Gasteiger charge is 2.35. The van der Waals surface area contributed by atoms with Crippen LogP contribution in [0, 0.1) is 5.92 Å². The van der Waals surface area contributed by atoms with Crippen molar-refractivity contribution in [3.8, 4) is 0 Å². The summed E-state index contributed by atoms with van der Waals surface area (Å²) in [6, 6.07) is 4.59. The van der Waals surface area contributed by atoms with Crippen molar-refractivity contribution in [2.75, 3.05) is 6.54 Å². The number of alkyl halides is 3. The van der Waals surface area contributed by atoms with Gasteiger partial charge in [-0.25, -0.2) is 0 Å². The van der Waals surface area contributed by atoms with Crippen LogP contribution in [0.25, 0.3) is 0 Å². The van der Waals surface area contributed by atoms with Gasteiger partial charge in [0.15, 0.2) is 0 Å². The molecule has 0 heterocycles. The van der Waals surface area contributed by atoms with Crippen LogP contribution in [0.4, 0.5) is 13.2 Å². The second kappa shape index (κ2) is 5.83. The second-order valence-corrected chi connectivity index (χ2v) is 5.82. The Morgan fingerprint density at radius 1 is 1.37 bits per heavy atom. The summed E-state index contributed by atoms with van der Waals surface area (Å²) >= 11 is 2.98. The van der Waals surface area contributed by atoms with Gasteiger partial charge in [0.25, 0.3) is 0 Å². The first-order valence-electron chi connectivity index (χ1n) is 6.53. The van der Waals surface area contributed by atoms with Gasteiger partial charge in [0, 0.05) is 10.5 Å². The van der Waals surface area contributed by atoms with E-state index in [2.05, 4.69) is 21.2 Å². The molecule has 0 bridgehead atoms. The minimum Gasteiger partial charge on any atom is -0.310 e. The molecule has 1 aromatic rings. The Balaban J connectivity index is 2.32. The molecule has 1 aliphatic carbocycles. The molecule has 1 saturated carbocycles. The van der Waals surface area contributed by atoms with Crippen molar-refractivity contribution in [1.82, 2.24) is 5.32 Å². The average molecular weight is 336 g/mol. The van der Waals surface area contributed by atoms with Gasteiger partial charge in [-0.1, -0.05) is 35.3 Å². The molecule has 0 aromatic heterocycles. The van der Waals surface area contributed by atoms with Gasteiger partial charge in [-0.15, -0.1) is 0 Å². The lowest BCUT2D eigenvalue weighted by atomic mass is 9.77. The predicted octanol–water partition coefficient (Wildman–Crippen LogP) is 4.92. The maximum Gasteiger partial charge on any atom is 0.417 e. The van der Waals surface area contributed by atoms with Crippen molar-refractivity contribution in [2.45, 2.75) is 38.4 Å². The lowest BCUT2D eigenvalue weighted by Crippen LogP contribution is -2.32. The molecule has 1 aliphatic rings. The normalized spacial score (nSPS) is 18.2. The number of hydrogen-bond acceptors (Lipinski definition) is 1. The van der Waals surface area contributed by atoms with Gasteiger partial charge in [0.1, 0.15) is 0 Å². The van der Waals surface area contributed by atoms with Crippen LogP contribution in [0.3, 0.4) is 0 Å². The first-order valence-corrected chi connectivity index (χ1v) is 7.32. The Kier molecular flexibility index (Phi) is 4.56. The monoisotopic (exact) mass is 335 g/mol. The van der Waals surface area contributed by atoms with Gasteiger partial charge < -0.3 is 5.32 Å². The van der Waals surface area contributed by atoms with E-state index in [-0.39, 0.29) is 10.5 Å². The molecule has 1 fully saturated rings. The summed E-state index contributed by atoms with van der Waals surface area (Å²) in [6.45, 7) is 2.74. The highest BCUT2D eigenvalue weighted by atomic mass is 79.9. The quantitative estimate of drug-likeness (QED) is 0.823. The van der Waals surface area contributed by atoms with E-state index in [0.29, 0.717) is 5.92 Å². The maximum atomic E-state index is 12.9. The van der Waals surface area contributed by atoms with Crippen molar-refractivity contribution < 1.29 is 13.2 Å². The molecule has 0 spiro atoms. The van der Waals surface area contributed by atoms with Crippen molar-refractivity contribution in [3.63, 3.8) is 0 Å². The Bertz CT molecular complexity index is 441. The Hall–Kier alpha value is -0.550. The minimum absolute atomic E-state index is 0.0351. The third-order valence-electron chi connectivity index (χ3n) is 3.70. The lowest BCUT2D eigenvalue weighted by Gasteiger charge is -2.35. The highest BCUT2D eigenvalue weighted by molar-refractivity contribution is 9.10. The number of halogens is 4. The smallest absolute Gasteiger partial charge is 0.310 e. The zero-order valence-electron chi connectivity index (χ0n) is 10.7. The molecular weight excluding hydrogens is 319 g/mol. The number of rotatable bonds is 4. The van der Waals surface area contributed by atoms with E-state index < -0.39 is 11.7 Å². The van der Waals surface area contributed by atoms with E-state index in [1.54, 1.807) is 6.07 Å². The van der Waals surface area contributed by atoms with Crippen molar-refractivity contribution >= 4 is 15.9 Å². The molecule has 5 heteroatoms. The lowest BCUT2D eigenvalue weighted by molar-refractivity contribution is -0.138. The summed E-state index contributed by atoms with van der Waals surface area (Å²) < 4.78 is 38.9. The average Bonchev–Trinajstić information content (AvgIpc) is 2.25. The largest absolute Gasteiger partial charge is 0.417 e. The van der Waals surface area contributed by atoms with Gasteiger partial charge in [0.05, 0.1) is 5.56 Å². The van der Waals surface area contributed by atoms with Crippen LogP contribution in [0.5, 0.6) is 0 Å². The van der Waals surface area contributed by atoms with Crippen LogP contribution in [0.2, 0.25) is 0 Å². The van der Waals surface area contributed by atoms with Gasteiger partial charge >= 0.3 is 6.18 Å². The minimum atomic E-state index is -4.31. The summed E-state index contributed by atoms with van der Waals surface area (Å²) in [4.78, 5) is 0. The molecule has 0 radical (unpaired) electrons. The molecule has 1 aromatic carbocycles. The van der Waals surface area contributed by atoms with Crippen LogP contribution >= 0.6 is 15.9 Å². The number of benzene rings is 1. The van der Waals surface area contributed by atoms with E-state index in [0.717, 1.165) is 24.9 Å². The van der Waals surface area contributed by atoms with Crippen molar-refractivity contribution in [1.29, 1.82) is 0 Å². The number of hydrogen-bond donors (Lipinski definition) is 1. The maximum absolute atomic E-state index is 12.9. The van der Waals surface area contributed by atoms with E-state index in [4.69, 9.17) is 0 Å². The number of nitrogens with one attached hydrogen (secondary N) is 1. The van der Waals surface area contributed by atoms with Crippen LogP contribution in [0.15, 0.2) is 22.7 Å². The van der Waals surface area contributed by atoms with Gasteiger partial charge in [-0.2, -0.15) is 13.2 Å². The highest BCUT2D eigenvalue weighted by Crippen LogP contribution is 2.41. The van der Waals surface area contributed by atoms with Crippen molar-refractivity contribution in [2.24, 2.45) is 5.92 Å². The Morgan fingerprint density at radius 3 is 2.53 bits per heavy atom. The molecule has 0 aliphatic heterocycles. The predicted molar refractivity (Wildman–Crippen MR) is 72.9 cm³/mol. The summed E-state index contributed by atoms with van der Waals surface area (Å²) in [5, 5.41) is 3.32. The van der Waals surface area contributed by atoms with Crippen LogP contribution in [-0.4, -0.2) is 6.54 Å². The first-order chi connectivity index (χ1) is 8.93. The molecule has 2 rings (SSSR count). The van der Waals surface area contributed by atoms with E-state index in [1.165, 1.54) is 18.6 Å². The van der Waals surface area contributed by atoms with Crippen LogP contribution in [-0.2, 0) is 6.18 Å². The van der Waals surface area contributed by atoms with E-state index in [1.807, 2.05) is 6.92 Å². The van der Waals surface area contributed by atoms with Crippen LogP contribution in [0.1, 0.15) is 43.4 Å². The third-order valence-corrected chi connectivity index (χ3v) is 4.39. The first kappa shape index (κ1) is 14.9. The zero-order chi connectivity index (χ0) is 14.0. The van der Waals surface area contributed by atoms with E-state index in [9.17, 15) is 13.2 Å². The topological polar surface area (TPSA) is 12.0 Å². The fraction of sp³-hybridized carbons (Fsp3) is 0.571. The molecule has 1 unspecified atom stereocenters. The molecule has 1 N–H and O–H groups in total. The Labute approximate surface area is 119 Å². The SMILES string of the molecule is CCNC(c1ccc(Br)c(C(F)(F)F)c1)C1CCC1. The summed E-state index contributed by atoms with van der Waals surface area (Å²) in [5.74, 6) is 0.460. The molecule has 1 atom stereocenters. The molecule has 106 valence electrons. The van der Waals surface area contributed by atoms with Crippen LogP contribution < -0.4 is 5.32 Å². The van der Waals surface area contributed by atoms with Gasteiger partial charge in [-0.05, 0) is 43.0 Å². The molecule has 1 nitrogen and oxygen atoms in total. The molecule has 0 amide bonds. The van der Waals surface area contributed by atoms with E-state index >= 15 is 0 Å². The fourth-order valence-corrected chi connectivity index (χ4v) is 2.97. The standard InChI is InChI=1S/C14H17BrF3N/c1-2-19-13(9-4-3-5-9)10-6-7-12(15)11(8-10)14(16,17)18/h6-9,13,19H,2-5H2,1H3. The van der Waals surface area contributed by atoms with Gasteiger partial charge in [0.2, 0.25) is 0 Å². The van der Waals surface area contributed by atoms with Crippen molar-refractivity contribution in [3.05, 3.63) is 33.8 Å². The third kappa shape index (κ3) is 3.31. The zero-order valence-corrected chi connectivity index (χ0v) is 12.3. The summed E-state index contributed by atoms with van der Waals surface area (Å²) in [7, 11) is 0. The molecular formula is C14H17BrF3N. The Morgan fingerprint density at radius 2 is 2.05 bits per heavy atom. The second-order valence-electron chi connectivity index (χ2n) is 4.96. The summed E-state index contributed by atoms with van der Waals surface area (Å²) in [6.07, 6.45) is -0.954.